The standard InChI is InChI=1S/C8H17NO/c1-3-5-8(7-10)9-6-4-2/h7-9H,3-6H2,1-2H3. The molecule has 0 spiro atoms. The van der Waals surface area contributed by atoms with Crippen molar-refractivity contribution in [1.82, 2.24) is 5.32 Å². The summed E-state index contributed by atoms with van der Waals surface area (Å²) >= 11 is 0. The van der Waals surface area contributed by atoms with Gasteiger partial charge in [-0.3, -0.25) is 0 Å². The largest absolute Gasteiger partial charge is 0.308 e. The highest BCUT2D eigenvalue weighted by Gasteiger charge is 2.01. The van der Waals surface area contributed by atoms with Gasteiger partial charge in [0.2, 0.25) is 0 Å². The molecule has 0 saturated carbocycles. The molecule has 0 saturated heterocycles. The number of aldehydes is 1. The average molecular weight is 143 g/mol. The molecule has 0 aromatic rings. The first kappa shape index (κ1) is 9.63. The maximum absolute atomic E-state index is 10.3. The van der Waals surface area contributed by atoms with Crippen LogP contribution in [0.25, 0.3) is 0 Å². The average Bonchev–Trinajstić information content (AvgIpc) is 1.98. The molecule has 2 nitrogen and oxygen atoms in total. The Kier molecular flexibility index (Phi) is 6.50. The second-order valence-corrected chi connectivity index (χ2v) is 2.49. The van der Waals surface area contributed by atoms with Gasteiger partial charge in [0.15, 0.2) is 0 Å². The number of nitrogens with one attached hydrogen (secondary N) is 1. The minimum atomic E-state index is 0.0879. The third-order valence-corrected chi connectivity index (χ3v) is 1.42. The van der Waals surface area contributed by atoms with Crippen LogP contribution >= 0.6 is 0 Å². The van der Waals surface area contributed by atoms with Gasteiger partial charge >= 0.3 is 0 Å². The predicted molar refractivity (Wildman–Crippen MR) is 43.1 cm³/mol. The Hall–Kier alpha value is -0.370. The summed E-state index contributed by atoms with van der Waals surface area (Å²) in [5, 5.41) is 3.15. The van der Waals surface area contributed by atoms with E-state index in [-0.39, 0.29) is 6.04 Å². The molecule has 0 aromatic carbocycles. The monoisotopic (exact) mass is 143 g/mol. The molecule has 0 aliphatic heterocycles. The minimum absolute atomic E-state index is 0.0879. The van der Waals surface area contributed by atoms with Gasteiger partial charge in [-0.15, -0.1) is 0 Å². The molecule has 0 rings (SSSR count). The van der Waals surface area contributed by atoms with Gasteiger partial charge in [-0.05, 0) is 19.4 Å². The number of hydrogen-bond acceptors (Lipinski definition) is 2. The van der Waals surface area contributed by atoms with E-state index in [9.17, 15) is 4.79 Å². The Balaban J connectivity index is 3.29. The van der Waals surface area contributed by atoms with E-state index in [0.29, 0.717) is 0 Å². The molecule has 1 N–H and O–H groups in total. The highest BCUT2D eigenvalue weighted by molar-refractivity contribution is 5.57. The Morgan fingerprint density at radius 2 is 2.10 bits per heavy atom. The summed E-state index contributed by atoms with van der Waals surface area (Å²) in [5.74, 6) is 0. The predicted octanol–water partition coefficient (Wildman–Crippen LogP) is 1.35. The van der Waals surface area contributed by atoms with E-state index in [1.54, 1.807) is 0 Å². The van der Waals surface area contributed by atoms with Crippen LogP contribution in [0, 0.1) is 0 Å². The third kappa shape index (κ3) is 4.50. The van der Waals surface area contributed by atoms with Gasteiger partial charge in [-0.2, -0.15) is 0 Å². The van der Waals surface area contributed by atoms with E-state index >= 15 is 0 Å². The lowest BCUT2D eigenvalue weighted by Crippen LogP contribution is -2.30. The van der Waals surface area contributed by atoms with Gasteiger partial charge in [0, 0.05) is 0 Å². The van der Waals surface area contributed by atoms with Crippen molar-refractivity contribution in [3.05, 3.63) is 0 Å². The van der Waals surface area contributed by atoms with E-state index in [0.717, 1.165) is 32.1 Å². The quantitative estimate of drug-likeness (QED) is 0.569. The molecule has 2 heteroatoms. The summed E-state index contributed by atoms with van der Waals surface area (Å²) in [7, 11) is 0. The SMILES string of the molecule is CCCNC(C=O)CCC. The minimum Gasteiger partial charge on any atom is -0.308 e. The van der Waals surface area contributed by atoms with Crippen molar-refractivity contribution in [2.75, 3.05) is 6.54 Å². The highest BCUT2D eigenvalue weighted by Crippen LogP contribution is 1.92. The van der Waals surface area contributed by atoms with Crippen LogP contribution in [0.3, 0.4) is 0 Å². The molecule has 10 heavy (non-hydrogen) atoms. The van der Waals surface area contributed by atoms with Gasteiger partial charge in [-0.1, -0.05) is 20.3 Å². The van der Waals surface area contributed by atoms with E-state index in [4.69, 9.17) is 0 Å². The molecule has 1 atom stereocenters. The number of hydrogen-bond donors (Lipinski definition) is 1. The first-order chi connectivity index (χ1) is 4.85. The second-order valence-electron chi connectivity index (χ2n) is 2.49. The number of carbonyl (C=O) groups excluding carboxylic acids is 1. The topological polar surface area (TPSA) is 29.1 Å². The Labute approximate surface area is 63.0 Å². The molecular formula is C8H17NO. The second kappa shape index (κ2) is 6.75. The normalized spacial score (nSPS) is 13.0. The van der Waals surface area contributed by atoms with Crippen LogP contribution in [0.2, 0.25) is 0 Å². The fourth-order valence-electron chi connectivity index (χ4n) is 0.859. The van der Waals surface area contributed by atoms with Gasteiger partial charge in [0.05, 0.1) is 6.04 Å². The molecule has 0 heterocycles. The zero-order chi connectivity index (χ0) is 7.82. The van der Waals surface area contributed by atoms with Gasteiger partial charge in [-0.25, -0.2) is 0 Å². The molecule has 0 fully saturated rings. The Morgan fingerprint density at radius 1 is 1.40 bits per heavy atom. The Bertz CT molecular complexity index is 83.3. The van der Waals surface area contributed by atoms with Crippen molar-refractivity contribution in [3.63, 3.8) is 0 Å². The summed E-state index contributed by atoms with van der Waals surface area (Å²) in [5.41, 5.74) is 0. The molecule has 1 unspecified atom stereocenters. The van der Waals surface area contributed by atoms with Crippen molar-refractivity contribution in [3.8, 4) is 0 Å². The smallest absolute Gasteiger partial charge is 0.136 e. The molecule has 0 radical (unpaired) electrons. The molecule has 0 aliphatic carbocycles. The fourth-order valence-corrected chi connectivity index (χ4v) is 0.859. The van der Waals surface area contributed by atoms with Crippen LogP contribution < -0.4 is 5.32 Å². The van der Waals surface area contributed by atoms with E-state index in [2.05, 4.69) is 19.2 Å². The van der Waals surface area contributed by atoms with Crippen molar-refractivity contribution >= 4 is 6.29 Å². The lowest BCUT2D eigenvalue weighted by atomic mass is 10.2. The van der Waals surface area contributed by atoms with Crippen molar-refractivity contribution in [2.45, 2.75) is 39.2 Å². The summed E-state index contributed by atoms with van der Waals surface area (Å²) in [6.45, 7) is 5.13. The van der Waals surface area contributed by atoms with Gasteiger partial charge in [0.25, 0.3) is 0 Å². The van der Waals surface area contributed by atoms with Crippen LogP contribution in [-0.2, 0) is 4.79 Å². The van der Waals surface area contributed by atoms with Crippen molar-refractivity contribution in [2.24, 2.45) is 0 Å². The summed E-state index contributed by atoms with van der Waals surface area (Å²) in [6.07, 6.45) is 4.12. The fraction of sp³-hybridized carbons (Fsp3) is 0.875. The van der Waals surface area contributed by atoms with E-state index in [1.165, 1.54) is 0 Å². The Morgan fingerprint density at radius 3 is 2.50 bits per heavy atom. The molecular weight excluding hydrogens is 126 g/mol. The van der Waals surface area contributed by atoms with Crippen molar-refractivity contribution < 1.29 is 4.79 Å². The molecule has 0 amide bonds. The van der Waals surface area contributed by atoms with Gasteiger partial charge in [0.1, 0.15) is 6.29 Å². The number of carbonyl (C=O) groups is 1. The van der Waals surface area contributed by atoms with Crippen LogP contribution in [0.15, 0.2) is 0 Å². The molecule has 0 bridgehead atoms. The summed E-state index contributed by atoms with van der Waals surface area (Å²) in [4.78, 5) is 10.3. The first-order valence-electron chi connectivity index (χ1n) is 4.03. The number of rotatable bonds is 6. The van der Waals surface area contributed by atoms with E-state index < -0.39 is 0 Å². The molecule has 60 valence electrons. The van der Waals surface area contributed by atoms with Crippen molar-refractivity contribution in [1.29, 1.82) is 0 Å². The maximum Gasteiger partial charge on any atom is 0.136 e. The lowest BCUT2D eigenvalue weighted by Gasteiger charge is -2.09. The summed E-state index contributed by atoms with van der Waals surface area (Å²) < 4.78 is 0. The zero-order valence-electron chi connectivity index (χ0n) is 6.89. The van der Waals surface area contributed by atoms with Crippen LogP contribution in [0.1, 0.15) is 33.1 Å². The highest BCUT2D eigenvalue weighted by atomic mass is 16.1. The maximum atomic E-state index is 10.3. The van der Waals surface area contributed by atoms with Gasteiger partial charge < -0.3 is 10.1 Å². The van der Waals surface area contributed by atoms with E-state index in [1.807, 2.05) is 0 Å². The molecule has 0 aliphatic rings. The third-order valence-electron chi connectivity index (χ3n) is 1.42. The summed E-state index contributed by atoms with van der Waals surface area (Å²) in [6, 6.07) is 0.0879. The first-order valence-corrected chi connectivity index (χ1v) is 4.03. The zero-order valence-corrected chi connectivity index (χ0v) is 6.89. The van der Waals surface area contributed by atoms with Crippen LogP contribution in [0.5, 0.6) is 0 Å². The van der Waals surface area contributed by atoms with Crippen LogP contribution in [0.4, 0.5) is 0 Å². The van der Waals surface area contributed by atoms with Crippen LogP contribution in [-0.4, -0.2) is 18.9 Å². The molecule has 0 aromatic heterocycles. The lowest BCUT2D eigenvalue weighted by molar-refractivity contribution is -0.109.